The van der Waals surface area contributed by atoms with Gasteiger partial charge >= 0.3 is 0 Å². The maximum Gasteiger partial charge on any atom is 0.0608 e. The van der Waals surface area contributed by atoms with E-state index in [1.807, 2.05) is 0 Å². The van der Waals surface area contributed by atoms with Gasteiger partial charge in [0.05, 0.1) is 18.3 Å². The van der Waals surface area contributed by atoms with Crippen LogP contribution in [0, 0.1) is 17.8 Å². The van der Waals surface area contributed by atoms with Gasteiger partial charge in [0.15, 0.2) is 0 Å². The highest BCUT2D eigenvalue weighted by molar-refractivity contribution is 4.85. The molecular formula is C22H38O2. The van der Waals surface area contributed by atoms with Crippen LogP contribution in [0.2, 0.25) is 0 Å². The average molecular weight is 335 g/mol. The van der Waals surface area contributed by atoms with Crippen molar-refractivity contribution in [2.45, 2.75) is 102 Å². The van der Waals surface area contributed by atoms with Gasteiger partial charge in [-0.05, 0) is 88.4 Å². The predicted octanol–water partition coefficient (Wildman–Crippen LogP) is 5.90. The van der Waals surface area contributed by atoms with Gasteiger partial charge in [0.1, 0.15) is 0 Å². The Kier molecular flexibility index (Phi) is 7.21. The van der Waals surface area contributed by atoms with Crippen LogP contribution in [0.5, 0.6) is 0 Å². The first-order chi connectivity index (χ1) is 11.8. The molecule has 24 heavy (non-hydrogen) atoms. The molecule has 0 amide bonds. The molecule has 0 N–H and O–H groups in total. The van der Waals surface area contributed by atoms with Crippen molar-refractivity contribution in [1.82, 2.24) is 0 Å². The smallest absolute Gasteiger partial charge is 0.0608 e. The minimum Gasteiger partial charge on any atom is -0.378 e. The molecule has 3 rings (SSSR count). The minimum atomic E-state index is 0.520. The largest absolute Gasteiger partial charge is 0.378 e. The third-order valence-corrected chi connectivity index (χ3v) is 6.79. The highest BCUT2D eigenvalue weighted by Gasteiger charge is 2.34. The van der Waals surface area contributed by atoms with Crippen molar-refractivity contribution in [2.75, 3.05) is 6.61 Å². The SMILES string of the molecule is C=CC1CCC(OCC2CCC(C3CCC(CCC)O3)CC2)CC1. The van der Waals surface area contributed by atoms with E-state index in [4.69, 9.17) is 9.47 Å². The van der Waals surface area contributed by atoms with Crippen molar-refractivity contribution >= 4 is 0 Å². The van der Waals surface area contributed by atoms with E-state index < -0.39 is 0 Å². The highest BCUT2D eigenvalue weighted by atomic mass is 16.5. The van der Waals surface area contributed by atoms with Crippen LogP contribution in [-0.2, 0) is 9.47 Å². The van der Waals surface area contributed by atoms with Crippen LogP contribution in [0.15, 0.2) is 12.7 Å². The third-order valence-electron chi connectivity index (χ3n) is 6.79. The van der Waals surface area contributed by atoms with Gasteiger partial charge in [0.25, 0.3) is 0 Å². The quantitative estimate of drug-likeness (QED) is 0.539. The summed E-state index contributed by atoms with van der Waals surface area (Å²) in [5.41, 5.74) is 0. The molecule has 0 bridgehead atoms. The second-order valence-electron chi connectivity index (χ2n) is 8.55. The van der Waals surface area contributed by atoms with Crippen LogP contribution >= 0.6 is 0 Å². The zero-order valence-electron chi connectivity index (χ0n) is 15.8. The normalized spacial score (nSPS) is 40.5. The Labute approximate surface area is 149 Å². The molecular weight excluding hydrogens is 296 g/mol. The summed E-state index contributed by atoms with van der Waals surface area (Å²) < 4.78 is 12.6. The van der Waals surface area contributed by atoms with E-state index in [0.717, 1.165) is 24.4 Å². The van der Waals surface area contributed by atoms with Gasteiger partial charge in [-0.1, -0.05) is 19.4 Å². The molecule has 0 spiro atoms. The van der Waals surface area contributed by atoms with Crippen LogP contribution in [-0.4, -0.2) is 24.9 Å². The zero-order chi connectivity index (χ0) is 16.8. The molecule has 3 aliphatic rings. The van der Waals surface area contributed by atoms with E-state index >= 15 is 0 Å². The lowest BCUT2D eigenvalue weighted by atomic mass is 9.79. The van der Waals surface area contributed by atoms with Crippen molar-refractivity contribution < 1.29 is 9.47 Å². The molecule has 0 radical (unpaired) electrons. The summed E-state index contributed by atoms with van der Waals surface area (Å²) in [6.45, 7) is 7.20. The topological polar surface area (TPSA) is 18.5 Å². The average Bonchev–Trinajstić information content (AvgIpc) is 3.10. The Bertz CT molecular complexity index is 364. The lowest BCUT2D eigenvalue weighted by Gasteiger charge is -2.33. The van der Waals surface area contributed by atoms with E-state index in [2.05, 4.69) is 19.6 Å². The molecule has 3 fully saturated rings. The fourth-order valence-corrected chi connectivity index (χ4v) is 5.10. The summed E-state index contributed by atoms with van der Waals surface area (Å²) in [6, 6.07) is 0. The van der Waals surface area contributed by atoms with Gasteiger partial charge in [-0.2, -0.15) is 0 Å². The molecule has 2 unspecified atom stereocenters. The van der Waals surface area contributed by atoms with Crippen LogP contribution in [0.25, 0.3) is 0 Å². The Morgan fingerprint density at radius 2 is 1.71 bits per heavy atom. The molecule has 2 aliphatic carbocycles. The van der Waals surface area contributed by atoms with E-state index in [1.165, 1.54) is 77.0 Å². The van der Waals surface area contributed by atoms with Crippen molar-refractivity contribution in [3.63, 3.8) is 0 Å². The summed E-state index contributed by atoms with van der Waals surface area (Å²) in [6.07, 6.45) is 19.4. The summed E-state index contributed by atoms with van der Waals surface area (Å²) in [4.78, 5) is 0. The summed E-state index contributed by atoms with van der Waals surface area (Å²) in [7, 11) is 0. The first-order valence-electron chi connectivity index (χ1n) is 10.7. The van der Waals surface area contributed by atoms with Crippen LogP contribution < -0.4 is 0 Å². The standard InChI is InChI=1S/C22H38O2/c1-3-5-21-14-15-22(24-21)19-10-6-18(7-11-19)16-23-20-12-8-17(4-2)9-13-20/h4,17-22H,2-3,5-16H2,1H3. The molecule has 0 aromatic rings. The van der Waals surface area contributed by atoms with Gasteiger partial charge in [0.2, 0.25) is 0 Å². The van der Waals surface area contributed by atoms with Crippen LogP contribution in [0.1, 0.15) is 84.0 Å². The number of rotatable bonds is 7. The second-order valence-corrected chi connectivity index (χ2v) is 8.55. The summed E-state index contributed by atoms with van der Waals surface area (Å²) in [5.74, 6) is 2.36. The highest BCUT2D eigenvalue weighted by Crippen LogP contribution is 2.38. The fraction of sp³-hybridized carbons (Fsp3) is 0.909. The van der Waals surface area contributed by atoms with Crippen molar-refractivity contribution in [1.29, 1.82) is 0 Å². The molecule has 2 heteroatoms. The van der Waals surface area contributed by atoms with E-state index in [1.54, 1.807) is 0 Å². The zero-order valence-corrected chi connectivity index (χ0v) is 15.8. The molecule has 1 heterocycles. The Morgan fingerprint density at radius 1 is 0.958 bits per heavy atom. The number of allylic oxidation sites excluding steroid dienone is 1. The maximum absolute atomic E-state index is 6.31. The first-order valence-corrected chi connectivity index (χ1v) is 10.7. The molecule has 1 aliphatic heterocycles. The van der Waals surface area contributed by atoms with Gasteiger partial charge in [-0.15, -0.1) is 6.58 Å². The van der Waals surface area contributed by atoms with E-state index in [0.29, 0.717) is 18.3 Å². The Morgan fingerprint density at radius 3 is 2.38 bits per heavy atom. The maximum atomic E-state index is 6.31. The van der Waals surface area contributed by atoms with E-state index in [9.17, 15) is 0 Å². The lowest BCUT2D eigenvalue weighted by molar-refractivity contribution is -0.0282. The van der Waals surface area contributed by atoms with Crippen molar-refractivity contribution in [3.8, 4) is 0 Å². The van der Waals surface area contributed by atoms with Gasteiger partial charge in [0, 0.05) is 6.61 Å². The minimum absolute atomic E-state index is 0.520. The van der Waals surface area contributed by atoms with Gasteiger partial charge in [-0.25, -0.2) is 0 Å². The molecule has 2 atom stereocenters. The Balaban J connectivity index is 1.30. The first kappa shape index (κ1) is 18.5. The van der Waals surface area contributed by atoms with Crippen LogP contribution in [0.3, 0.4) is 0 Å². The molecule has 2 nitrogen and oxygen atoms in total. The van der Waals surface area contributed by atoms with Gasteiger partial charge < -0.3 is 9.47 Å². The number of hydrogen-bond donors (Lipinski definition) is 0. The van der Waals surface area contributed by atoms with Crippen molar-refractivity contribution in [2.24, 2.45) is 17.8 Å². The Hall–Kier alpha value is -0.340. The molecule has 0 aromatic carbocycles. The molecule has 1 saturated heterocycles. The number of hydrogen-bond acceptors (Lipinski definition) is 2. The molecule has 0 aromatic heterocycles. The predicted molar refractivity (Wildman–Crippen MR) is 100 cm³/mol. The summed E-state index contributed by atoms with van der Waals surface area (Å²) >= 11 is 0. The van der Waals surface area contributed by atoms with Crippen LogP contribution in [0.4, 0.5) is 0 Å². The third kappa shape index (κ3) is 5.08. The summed E-state index contributed by atoms with van der Waals surface area (Å²) in [5, 5.41) is 0. The lowest BCUT2D eigenvalue weighted by Crippen LogP contribution is -2.29. The monoisotopic (exact) mass is 334 g/mol. The fourth-order valence-electron chi connectivity index (χ4n) is 5.10. The second kappa shape index (κ2) is 9.38. The molecule has 2 saturated carbocycles. The van der Waals surface area contributed by atoms with E-state index in [-0.39, 0.29) is 0 Å². The molecule has 138 valence electrons. The number of ether oxygens (including phenoxy) is 2. The van der Waals surface area contributed by atoms with Gasteiger partial charge in [-0.3, -0.25) is 0 Å². The van der Waals surface area contributed by atoms with Crippen molar-refractivity contribution in [3.05, 3.63) is 12.7 Å².